The number of ether oxygens (including phenoxy) is 1. The Kier molecular flexibility index (Phi) is 5.06. The molecule has 84 valence electrons. The number of anilines is 1. The van der Waals surface area contributed by atoms with E-state index in [9.17, 15) is 0 Å². The molecule has 0 aliphatic carbocycles. The standard InChI is InChI=1S/C9H15N3O2S/c1-7-6-8(12-14-7)11-9(15)10-4-3-5-13-2/h6H,3-5H2,1-2H3,(H2,10,11,12,15). The lowest BCUT2D eigenvalue weighted by atomic mass is 10.4. The Hall–Kier alpha value is -1.14. The first-order valence-electron chi connectivity index (χ1n) is 4.69. The van der Waals surface area contributed by atoms with E-state index in [1.165, 1.54) is 0 Å². The zero-order valence-electron chi connectivity index (χ0n) is 8.87. The summed E-state index contributed by atoms with van der Waals surface area (Å²) >= 11 is 5.05. The molecule has 0 amide bonds. The molecule has 0 radical (unpaired) electrons. The Morgan fingerprint density at radius 3 is 3.07 bits per heavy atom. The van der Waals surface area contributed by atoms with E-state index in [0.717, 1.165) is 25.3 Å². The summed E-state index contributed by atoms with van der Waals surface area (Å²) in [5, 5.41) is 10.3. The van der Waals surface area contributed by atoms with Crippen molar-refractivity contribution in [3.8, 4) is 0 Å². The highest BCUT2D eigenvalue weighted by Crippen LogP contribution is 2.06. The molecule has 0 saturated heterocycles. The average molecular weight is 229 g/mol. The van der Waals surface area contributed by atoms with E-state index in [1.807, 2.05) is 6.92 Å². The Labute approximate surface area is 94.2 Å². The average Bonchev–Trinajstić information content (AvgIpc) is 2.59. The molecule has 0 atom stereocenters. The number of nitrogens with one attached hydrogen (secondary N) is 2. The molecular weight excluding hydrogens is 214 g/mol. The minimum Gasteiger partial charge on any atom is -0.385 e. The Balaban J connectivity index is 2.18. The van der Waals surface area contributed by atoms with Gasteiger partial charge in [-0.15, -0.1) is 0 Å². The van der Waals surface area contributed by atoms with Crippen molar-refractivity contribution < 1.29 is 9.26 Å². The SMILES string of the molecule is COCCCNC(=S)Nc1cc(C)on1. The molecule has 5 nitrogen and oxygen atoms in total. The molecule has 0 fully saturated rings. The second-order valence-corrected chi connectivity index (χ2v) is 3.46. The van der Waals surface area contributed by atoms with Gasteiger partial charge in [0.05, 0.1) is 0 Å². The van der Waals surface area contributed by atoms with Crippen LogP contribution in [-0.4, -0.2) is 30.5 Å². The van der Waals surface area contributed by atoms with Gasteiger partial charge in [-0.05, 0) is 25.6 Å². The number of methoxy groups -OCH3 is 1. The van der Waals surface area contributed by atoms with E-state index in [-0.39, 0.29) is 0 Å². The lowest BCUT2D eigenvalue weighted by Crippen LogP contribution is -2.29. The van der Waals surface area contributed by atoms with Gasteiger partial charge in [-0.25, -0.2) is 0 Å². The molecule has 0 bridgehead atoms. The molecule has 0 aliphatic heterocycles. The van der Waals surface area contributed by atoms with Gasteiger partial charge in [0.1, 0.15) is 5.76 Å². The molecule has 2 N–H and O–H groups in total. The van der Waals surface area contributed by atoms with Crippen molar-refractivity contribution in [1.29, 1.82) is 0 Å². The van der Waals surface area contributed by atoms with E-state index >= 15 is 0 Å². The maximum Gasteiger partial charge on any atom is 0.175 e. The molecule has 6 heteroatoms. The summed E-state index contributed by atoms with van der Waals surface area (Å²) in [5.41, 5.74) is 0. The lowest BCUT2D eigenvalue weighted by molar-refractivity contribution is 0.196. The summed E-state index contributed by atoms with van der Waals surface area (Å²) in [5.74, 6) is 1.37. The summed E-state index contributed by atoms with van der Waals surface area (Å²) in [6, 6.07) is 1.78. The van der Waals surface area contributed by atoms with Gasteiger partial charge >= 0.3 is 0 Å². The van der Waals surface area contributed by atoms with Gasteiger partial charge in [0.15, 0.2) is 10.9 Å². The van der Waals surface area contributed by atoms with Gasteiger partial charge in [-0.2, -0.15) is 0 Å². The Morgan fingerprint density at radius 1 is 1.67 bits per heavy atom. The van der Waals surface area contributed by atoms with Crippen molar-refractivity contribution in [3.63, 3.8) is 0 Å². The van der Waals surface area contributed by atoms with Crippen molar-refractivity contribution in [2.45, 2.75) is 13.3 Å². The first-order valence-corrected chi connectivity index (χ1v) is 5.10. The monoisotopic (exact) mass is 229 g/mol. The summed E-state index contributed by atoms with van der Waals surface area (Å²) in [6.45, 7) is 3.32. The van der Waals surface area contributed by atoms with E-state index in [4.69, 9.17) is 21.5 Å². The van der Waals surface area contributed by atoms with Gasteiger partial charge in [0.2, 0.25) is 0 Å². The molecule has 0 unspecified atom stereocenters. The van der Waals surface area contributed by atoms with E-state index in [2.05, 4.69) is 15.8 Å². The summed E-state index contributed by atoms with van der Waals surface area (Å²) in [4.78, 5) is 0. The van der Waals surface area contributed by atoms with Gasteiger partial charge < -0.3 is 19.9 Å². The number of aromatic nitrogens is 1. The normalized spacial score (nSPS) is 10.0. The third-order valence-corrected chi connectivity index (χ3v) is 1.93. The quantitative estimate of drug-likeness (QED) is 0.586. The van der Waals surface area contributed by atoms with E-state index in [0.29, 0.717) is 10.9 Å². The Morgan fingerprint density at radius 2 is 2.47 bits per heavy atom. The zero-order valence-corrected chi connectivity index (χ0v) is 9.69. The fourth-order valence-electron chi connectivity index (χ4n) is 1.00. The first kappa shape index (κ1) is 11.9. The molecule has 0 spiro atoms. The van der Waals surface area contributed by atoms with Crippen molar-refractivity contribution in [2.24, 2.45) is 0 Å². The smallest absolute Gasteiger partial charge is 0.175 e. The number of nitrogens with zero attached hydrogens (tertiary/aromatic N) is 1. The largest absolute Gasteiger partial charge is 0.385 e. The minimum absolute atomic E-state index is 0.541. The van der Waals surface area contributed by atoms with Crippen molar-refractivity contribution >= 4 is 23.1 Å². The van der Waals surface area contributed by atoms with Crippen LogP contribution in [0.2, 0.25) is 0 Å². The molecule has 15 heavy (non-hydrogen) atoms. The van der Waals surface area contributed by atoms with Crippen LogP contribution >= 0.6 is 12.2 Å². The molecule has 0 aliphatic rings. The van der Waals surface area contributed by atoms with Crippen LogP contribution in [0.4, 0.5) is 5.82 Å². The second kappa shape index (κ2) is 6.36. The van der Waals surface area contributed by atoms with Crippen molar-refractivity contribution in [3.05, 3.63) is 11.8 Å². The third-order valence-electron chi connectivity index (χ3n) is 1.68. The second-order valence-electron chi connectivity index (χ2n) is 3.05. The van der Waals surface area contributed by atoms with Crippen LogP contribution in [0.1, 0.15) is 12.2 Å². The number of aryl methyl sites for hydroxylation is 1. The molecule has 1 aromatic heterocycles. The molecule has 1 rings (SSSR count). The van der Waals surface area contributed by atoms with Crippen molar-refractivity contribution in [1.82, 2.24) is 10.5 Å². The van der Waals surface area contributed by atoms with Crippen molar-refractivity contribution in [2.75, 3.05) is 25.6 Å². The number of hydrogen-bond donors (Lipinski definition) is 2. The highest BCUT2D eigenvalue weighted by molar-refractivity contribution is 7.80. The zero-order chi connectivity index (χ0) is 11.1. The highest BCUT2D eigenvalue weighted by atomic mass is 32.1. The van der Waals surface area contributed by atoms with Crippen LogP contribution in [0.25, 0.3) is 0 Å². The third kappa shape index (κ3) is 4.75. The predicted molar refractivity (Wildman–Crippen MR) is 62.0 cm³/mol. The summed E-state index contributed by atoms with van der Waals surface area (Å²) in [7, 11) is 1.68. The van der Waals surface area contributed by atoms with Crippen LogP contribution in [0.5, 0.6) is 0 Å². The van der Waals surface area contributed by atoms with Gasteiger partial charge in [-0.1, -0.05) is 5.16 Å². The molecule has 0 aromatic carbocycles. The van der Waals surface area contributed by atoms with Gasteiger partial charge in [-0.3, -0.25) is 0 Å². The van der Waals surface area contributed by atoms with Gasteiger partial charge in [0.25, 0.3) is 0 Å². The summed E-state index contributed by atoms with van der Waals surface area (Å²) in [6.07, 6.45) is 0.913. The van der Waals surface area contributed by atoms with Gasteiger partial charge in [0, 0.05) is 26.3 Å². The molecule has 1 heterocycles. The van der Waals surface area contributed by atoms with Crippen LogP contribution in [-0.2, 0) is 4.74 Å². The molecule has 0 saturated carbocycles. The number of thiocarbonyl (C=S) groups is 1. The maximum atomic E-state index is 5.05. The molecular formula is C9H15N3O2S. The highest BCUT2D eigenvalue weighted by Gasteiger charge is 2.01. The maximum absolute atomic E-state index is 5.05. The van der Waals surface area contributed by atoms with E-state index in [1.54, 1.807) is 13.2 Å². The number of hydrogen-bond acceptors (Lipinski definition) is 4. The predicted octanol–water partition coefficient (Wildman–Crippen LogP) is 1.31. The minimum atomic E-state index is 0.541. The van der Waals surface area contributed by atoms with Crippen LogP contribution in [0.3, 0.4) is 0 Å². The van der Waals surface area contributed by atoms with Crippen LogP contribution in [0.15, 0.2) is 10.6 Å². The number of rotatable bonds is 5. The fraction of sp³-hybridized carbons (Fsp3) is 0.556. The van der Waals surface area contributed by atoms with E-state index < -0.39 is 0 Å². The fourth-order valence-corrected chi connectivity index (χ4v) is 1.21. The topological polar surface area (TPSA) is 59.3 Å². The van der Waals surface area contributed by atoms with Crippen LogP contribution in [0, 0.1) is 6.92 Å². The molecule has 1 aromatic rings. The Bertz CT molecular complexity index is 314. The first-order chi connectivity index (χ1) is 7.22. The summed E-state index contributed by atoms with van der Waals surface area (Å²) < 4.78 is 9.80. The van der Waals surface area contributed by atoms with Crippen LogP contribution < -0.4 is 10.6 Å². The lowest BCUT2D eigenvalue weighted by Gasteiger charge is -2.07.